The summed E-state index contributed by atoms with van der Waals surface area (Å²) in [5.74, 6) is -6.51. The third kappa shape index (κ3) is 10.6. The largest absolute Gasteiger partial charge is 0.458 e. The first kappa shape index (κ1) is 58.7. The van der Waals surface area contributed by atoms with Gasteiger partial charge < -0.3 is 120 Å². The number of aliphatic hydroxyl groups excluding tert-OH is 4. The first-order chi connectivity index (χ1) is 39.7. The van der Waals surface area contributed by atoms with Crippen LogP contribution in [-0.4, -0.2) is 244 Å². The van der Waals surface area contributed by atoms with Crippen LogP contribution < -0.4 is 22.9 Å². The van der Waals surface area contributed by atoms with Crippen LogP contribution in [0.2, 0.25) is 0 Å². The summed E-state index contributed by atoms with van der Waals surface area (Å²) in [6, 6.07) is -2.21. The highest BCUT2D eigenvalue weighted by molar-refractivity contribution is 5.70. The van der Waals surface area contributed by atoms with E-state index in [0.717, 1.165) is 24.0 Å². The Balaban J connectivity index is 0.681. The SMILES string of the molecule is C=C1C[C@@H]2CCCO[C@H]3[C@H]4O[C@H](CC[C@@H]4O[C@H]4C5C(OC[C@H](O)C5(O)O)[C@@H]34)CC(=O)O[C@@H]3[C@@H](N)[C@@H]4O[C@@H]5C[C@]6(C[C@@H]7O[C@]8(C[C@H](N)[C@@H]9O[C@H]([C@@H](O)C[C@@H](O)CO)C[C@@H]9O8)C[C@H](N)[C@@H]7O6)O[C@@H]5C[C@@H]4O[C@H]3C[C@H]3O[C@@H](CC[C@@H]1O2)C[C@@H](N)C3=C. The third-order valence-corrected chi connectivity index (χ3v) is 21.5. The Morgan fingerprint density at radius 3 is 2.12 bits per heavy atom. The van der Waals surface area contributed by atoms with Gasteiger partial charge in [-0.2, -0.15) is 0 Å². The van der Waals surface area contributed by atoms with Crippen molar-refractivity contribution in [1.29, 1.82) is 0 Å². The molecule has 0 aromatic heterocycles. The summed E-state index contributed by atoms with van der Waals surface area (Å²) >= 11 is 0. The molecule has 14 rings (SSSR count). The van der Waals surface area contributed by atoms with Crippen molar-refractivity contribution in [1.82, 2.24) is 0 Å². The summed E-state index contributed by atoms with van der Waals surface area (Å²) in [7, 11) is 0. The van der Waals surface area contributed by atoms with Gasteiger partial charge in [0.1, 0.15) is 30.5 Å². The van der Waals surface area contributed by atoms with Gasteiger partial charge in [-0.25, -0.2) is 0 Å². The average molecular weight is 1180 g/mol. The van der Waals surface area contributed by atoms with Crippen molar-refractivity contribution in [2.45, 2.75) is 297 Å². The van der Waals surface area contributed by atoms with E-state index in [1.165, 1.54) is 0 Å². The standard InChI is InChI=1S/C58H88N4O21/c1-23-10-26-4-3-9-70-55-45-53-46(58(68,69)43(66)22-71-53)54(45)76-34-8-6-28(74-52(34)55)13-44(67)79-51-38(14-35-24(2)29(59)12-27(73-35)5-7-33(23)72-26)75-39-16-37-41(78-50(39)47(51)62)19-57(80-37)20-42-49(83-57)31(61)18-56(82-42)17-30(60)48-40(81-56)15-36(77-48)32(65)11-25(64)21-63/h25-43,45-55,63-66,68-69H,1-22,59-62H2/t25-,26+,27+,28-,29-,30+,31+,32+,33+,34+,35-,36+,37-,38+,39+,40+,41-,42+,43+,45-,46?,47+,48+,49+,50-,51+,52+,53?,54-,55-,56-,57+/m1/s1. The Bertz CT molecular complexity index is 2420. The lowest BCUT2D eigenvalue weighted by molar-refractivity contribution is -0.415. The fourth-order valence-corrected chi connectivity index (χ4v) is 17.4. The number of nitrogens with two attached hydrogens (primary N) is 4. The molecule has 32 atom stereocenters. The molecule has 13 heterocycles. The Morgan fingerprint density at radius 1 is 0.590 bits per heavy atom. The highest BCUT2D eigenvalue weighted by Crippen LogP contribution is 2.57. The van der Waals surface area contributed by atoms with Gasteiger partial charge in [-0.15, -0.1) is 0 Å². The van der Waals surface area contributed by atoms with Crippen molar-refractivity contribution < 1.29 is 102 Å². The zero-order chi connectivity index (χ0) is 57.6. The smallest absolute Gasteiger partial charge is 0.308 e. The van der Waals surface area contributed by atoms with Gasteiger partial charge >= 0.3 is 5.97 Å². The summed E-state index contributed by atoms with van der Waals surface area (Å²) < 4.78 is 93.7. The van der Waals surface area contributed by atoms with Gasteiger partial charge in [0.25, 0.3) is 0 Å². The summed E-state index contributed by atoms with van der Waals surface area (Å²) in [5.41, 5.74) is 29.6. The maximum absolute atomic E-state index is 14.5. The van der Waals surface area contributed by atoms with E-state index in [4.69, 9.17) is 89.3 Å². The molecule has 25 heteroatoms. The van der Waals surface area contributed by atoms with Crippen LogP contribution in [0.4, 0.5) is 0 Å². The number of hydrogen-bond acceptors (Lipinski definition) is 25. The monoisotopic (exact) mass is 1180 g/mol. The number of fused-ring (bicyclic) bond motifs is 15. The van der Waals surface area contributed by atoms with Crippen molar-refractivity contribution in [3.05, 3.63) is 24.3 Å². The average Bonchev–Trinajstić information content (AvgIpc) is 1.34. The van der Waals surface area contributed by atoms with E-state index in [1.54, 1.807) is 0 Å². The van der Waals surface area contributed by atoms with Gasteiger partial charge in [-0.1, -0.05) is 13.2 Å². The van der Waals surface area contributed by atoms with E-state index in [2.05, 4.69) is 13.2 Å². The van der Waals surface area contributed by atoms with Gasteiger partial charge in [0, 0.05) is 82.0 Å². The molecule has 13 aliphatic heterocycles. The van der Waals surface area contributed by atoms with Crippen molar-refractivity contribution >= 4 is 5.97 Å². The van der Waals surface area contributed by atoms with Crippen molar-refractivity contribution in [3.63, 3.8) is 0 Å². The highest BCUT2D eigenvalue weighted by atomic mass is 16.8. The quantitative estimate of drug-likeness (QED) is 0.0836. The Labute approximate surface area is 482 Å². The Hall–Kier alpha value is -1.97. The number of aliphatic hydroxyl groups is 6. The number of esters is 1. The second-order valence-electron chi connectivity index (χ2n) is 27.1. The molecule has 14 fully saturated rings. The molecule has 0 aromatic rings. The second-order valence-corrected chi connectivity index (χ2v) is 27.1. The molecule has 14 aliphatic rings. The predicted octanol–water partition coefficient (Wildman–Crippen LogP) is -1.89. The van der Waals surface area contributed by atoms with Gasteiger partial charge in [0.05, 0.1) is 148 Å². The molecule has 13 saturated heterocycles. The van der Waals surface area contributed by atoms with E-state index in [1.807, 2.05) is 0 Å². The molecule has 0 amide bonds. The molecular formula is C58H88N4O21. The van der Waals surface area contributed by atoms with Gasteiger partial charge in [0.15, 0.2) is 17.4 Å². The lowest BCUT2D eigenvalue weighted by Crippen LogP contribution is -2.79. The molecule has 6 bridgehead atoms. The lowest BCUT2D eigenvalue weighted by Gasteiger charge is -2.64. The lowest BCUT2D eigenvalue weighted by atomic mass is 9.58. The minimum atomic E-state index is -2.41. The minimum Gasteiger partial charge on any atom is -0.458 e. The molecule has 1 aliphatic carbocycles. The second kappa shape index (κ2) is 22.5. The zero-order valence-corrected chi connectivity index (χ0v) is 47.0. The van der Waals surface area contributed by atoms with Crippen LogP contribution >= 0.6 is 0 Å². The van der Waals surface area contributed by atoms with E-state index in [9.17, 15) is 35.4 Å². The van der Waals surface area contributed by atoms with Crippen molar-refractivity contribution in [2.24, 2.45) is 34.8 Å². The molecule has 466 valence electrons. The highest BCUT2D eigenvalue weighted by Gasteiger charge is 2.72. The van der Waals surface area contributed by atoms with E-state index in [-0.39, 0.29) is 50.2 Å². The topological polar surface area (TPSA) is 372 Å². The first-order valence-electron chi connectivity index (χ1n) is 31.0. The molecule has 25 nitrogen and oxygen atoms in total. The maximum Gasteiger partial charge on any atom is 0.308 e. The summed E-state index contributed by atoms with van der Waals surface area (Å²) in [6.07, 6.45) is -7.76. The van der Waals surface area contributed by atoms with Crippen LogP contribution in [0, 0.1) is 11.8 Å². The van der Waals surface area contributed by atoms with Crippen LogP contribution in [-0.2, 0) is 71.1 Å². The molecule has 2 spiro atoms. The normalized spacial score (nSPS) is 54.7. The first-order valence-corrected chi connectivity index (χ1v) is 31.0. The summed E-state index contributed by atoms with van der Waals surface area (Å²) in [5, 5.41) is 62.9. The van der Waals surface area contributed by atoms with Gasteiger partial charge in [-0.05, 0) is 62.5 Å². The van der Waals surface area contributed by atoms with Gasteiger partial charge in [0.2, 0.25) is 0 Å². The van der Waals surface area contributed by atoms with Crippen LogP contribution in [0.1, 0.15) is 109 Å². The fraction of sp³-hybridized carbons (Fsp3) is 0.914. The van der Waals surface area contributed by atoms with E-state index in [0.29, 0.717) is 83.7 Å². The summed E-state index contributed by atoms with van der Waals surface area (Å²) in [4.78, 5) is 14.5. The third-order valence-electron chi connectivity index (χ3n) is 21.5. The van der Waals surface area contributed by atoms with Crippen LogP contribution in [0.15, 0.2) is 24.3 Å². The van der Waals surface area contributed by atoms with Crippen molar-refractivity contribution in [3.8, 4) is 0 Å². The van der Waals surface area contributed by atoms with Crippen molar-refractivity contribution in [2.75, 3.05) is 19.8 Å². The zero-order valence-electron chi connectivity index (χ0n) is 47.0. The molecule has 83 heavy (non-hydrogen) atoms. The van der Waals surface area contributed by atoms with Crippen LogP contribution in [0.5, 0.6) is 0 Å². The maximum atomic E-state index is 14.5. The predicted molar refractivity (Wildman–Crippen MR) is 283 cm³/mol. The van der Waals surface area contributed by atoms with Crippen LogP contribution in [0.25, 0.3) is 0 Å². The fourth-order valence-electron chi connectivity index (χ4n) is 17.4. The molecule has 14 N–H and O–H groups in total. The molecule has 1 saturated carbocycles. The number of carbonyl (C=O) groups excluding carboxylic acids is 1. The number of ether oxygens (including phenoxy) is 14. The Kier molecular flexibility index (Phi) is 15.9. The Morgan fingerprint density at radius 2 is 1.30 bits per heavy atom. The number of hydrogen-bond donors (Lipinski definition) is 10. The number of carbonyl (C=O) groups is 1. The van der Waals surface area contributed by atoms with Crippen LogP contribution in [0.3, 0.4) is 0 Å². The van der Waals surface area contributed by atoms with Gasteiger partial charge in [-0.3, -0.25) is 4.79 Å². The minimum absolute atomic E-state index is 0.0391. The summed E-state index contributed by atoms with van der Waals surface area (Å²) in [6.45, 7) is 8.44. The molecule has 2 unspecified atom stereocenters. The number of rotatable bonds is 4. The van der Waals surface area contributed by atoms with E-state index >= 15 is 0 Å². The molecule has 0 radical (unpaired) electrons. The molecular weight excluding hydrogens is 1090 g/mol. The molecule has 0 aromatic carbocycles. The van der Waals surface area contributed by atoms with E-state index < -0.39 is 188 Å².